The van der Waals surface area contributed by atoms with Gasteiger partial charge in [0.2, 0.25) is 11.9 Å². The van der Waals surface area contributed by atoms with E-state index in [2.05, 4.69) is 63.2 Å². The number of hydrogen-bond acceptors (Lipinski definition) is 5. The lowest BCUT2D eigenvalue weighted by Gasteiger charge is -2.34. The lowest BCUT2D eigenvalue weighted by Crippen LogP contribution is -2.49. The molecule has 8 heteroatoms. The summed E-state index contributed by atoms with van der Waals surface area (Å²) in [5, 5.41) is 3.33. The molecule has 0 bridgehead atoms. The molecule has 1 aliphatic heterocycles. The first-order valence-electron chi connectivity index (χ1n) is 10.9. The summed E-state index contributed by atoms with van der Waals surface area (Å²) in [6.45, 7) is 9.09. The number of aromatic nitrogens is 2. The van der Waals surface area contributed by atoms with Crippen LogP contribution < -0.4 is 10.2 Å². The number of rotatable bonds is 7. The van der Waals surface area contributed by atoms with Gasteiger partial charge in [-0.25, -0.2) is 9.97 Å². The normalized spacial score (nSPS) is 14.5. The van der Waals surface area contributed by atoms with Gasteiger partial charge in [-0.1, -0.05) is 24.3 Å². The predicted molar refractivity (Wildman–Crippen MR) is 124 cm³/mol. The highest BCUT2D eigenvalue weighted by Gasteiger charge is 2.22. The van der Waals surface area contributed by atoms with E-state index in [1.807, 2.05) is 18.0 Å². The fraction of sp³-hybridized carbons (Fsp3) is 0.478. The largest absolute Gasteiger partial charge is 0.357 e. The minimum Gasteiger partial charge on any atom is -0.357 e. The van der Waals surface area contributed by atoms with Crippen LogP contribution in [-0.4, -0.2) is 78.0 Å². The van der Waals surface area contributed by atoms with Crippen molar-refractivity contribution in [1.82, 2.24) is 25.1 Å². The van der Waals surface area contributed by atoms with Crippen LogP contribution in [0.4, 0.5) is 5.95 Å². The molecule has 1 amide bonds. The van der Waals surface area contributed by atoms with Gasteiger partial charge < -0.3 is 20.0 Å². The van der Waals surface area contributed by atoms with Gasteiger partial charge in [-0.05, 0) is 31.0 Å². The Kier molecular flexibility index (Phi) is 8.20. The molecule has 0 aliphatic carbocycles. The number of guanidine groups is 1. The van der Waals surface area contributed by atoms with Crippen LogP contribution in [0.1, 0.15) is 24.5 Å². The van der Waals surface area contributed by atoms with Crippen LogP contribution in [0.15, 0.2) is 47.7 Å². The van der Waals surface area contributed by atoms with Crippen molar-refractivity contribution in [3.63, 3.8) is 0 Å². The zero-order valence-electron chi connectivity index (χ0n) is 18.8. The van der Waals surface area contributed by atoms with Gasteiger partial charge in [0.05, 0.1) is 6.54 Å². The van der Waals surface area contributed by atoms with Crippen molar-refractivity contribution in [3.05, 3.63) is 53.9 Å². The smallest absolute Gasteiger partial charge is 0.225 e. The van der Waals surface area contributed by atoms with Crippen LogP contribution >= 0.6 is 0 Å². The number of benzene rings is 1. The Hall–Kier alpha value is -3.16. The average molecular weight is 424 g/mol. The minimum atomic E-state index is 0.148. The van der Waals surface area contributed by atoms with Gasteiger partial charge in [0.1, 0.15) is 0 Å². The summed E-state index contributed by atoms with van der Waals surface area (Å²) in [5.41, 5.74) is 2.53. The topological polar surface area (TPSA) is 77.0 Å². The molecule has 166 valence electrons. The minimum absolute atomic E-state index is 0.148. The molecule has 1 aromatic heterocycles. The van der Waals surface area contributed by atoms with Crippen LogP contribution in [0.2, 0.25) is 0 Å². The molecule has 2 heterocycles. The van der Waals surface area contributed by atoms with E-state index in [9.17, 15) is 4.79 Å². The van der Waals surface area contributed by atoms with Crippen molar-refractivity contribution in [2.24, 2.45) is 4.99 Å². The molecule has 0 spiro atoms. The monoisotopic (exact) mass is 423 g/mol. The van der Waals surface area contributed by atoms with Crippen LogP contribution in [0.5, 0.6) is 0 Å². The van der Waals surface area contributed by atoms with Gasteiger partial charge in [-0.3, -0.25) is 9.79 Å². The molecule has 0 unspecified atom stereocenters. The van der Waals surface area contributed by atoms with Gasteiger partial charge in [-0.15, -0.1) is 0 Å². The van der Waals surface area contributed by atoms with Gasteiger partial charge >= 0.3 is 0 Å². The molecular formula is C23H33N7O. The second-order valence-electron chi connectivity index (χ2n) is 7.68. The summed E-state index contributed by atoms with van der Waals surface area (Å²) in [6.07, 6.45) is 3.90. The van der Waals surface area contributed by atoms with Crippen LogP contribution in [0.25, 0.3) is 0 Å². The number of carbonyl (C=O) groups excluding carboxylic acids is 1. The molecule has 8 nitrogen and oxygen atoms in total. The SMILES string of the molecule is CCNC(=NCCC(=O)N1CCN(c2ncccn2)CC1)N(C)Cc1ccccc1C. The van der Waals surface area contributed by atoms with Crippen LogP contribution in [0.3, 0.4) is 0 Å². The first-order valence-corrected chi connectivity index (χ1v) is 10.9. The Morgan fingerprint density at radius 3 is 2.52 bits per heavy atom. The highest BCUT2D eigenvalue weighted by Crippen LogP contribution is 2.11. The van der Waals surface area contributed by atoms with E-state index in [-0.39, 0.29) is 5.91 Å². The van der Waals surface area contributed by atoms with Crippen LogP contribution in [-0.2, 0) is 11.3 Å². The maximum atomic E-state index is 12.7. The summed E-state index contributed by atoms with van der Waals surface area (Å²) in [7, 11) is 2.03. The molecule has 2 aromatic rings. The van der Waals surface area contributed by atoms with Crippen molar-refractivity contribution in [3.8, 4) is 0 Å². The number of aliphatic imine (C=N–C) groups is 1. The fourth-order valence-electron chi connectivity index (χ4n) is 3.61. The van der Waals surface area contributed by atoms with Crippen molar-refractivity contribution in [2.45, 2.75) is 26.8 Å². The Bertz CT molecular complexity index is 863. The zero-order valence-corrected chi connectivity index (χ0v) is 18.8. The predicted octanol–water partition coefficient (Wildman–Crippen LogP) is 1.92. The van der Waals surface area contributed by atoms with E-state index in [1.165, 1.54) is 11.1 Å². The highest BCUT2D eigenvalue weighted by atomic mass is 16.2. The molecule has 1 N–H and O–H groups in total. The maximum Gasteiger partial charge on any atom is 0.225 e. The molecule has 1 fully saturated rings. The highest BCUT2D eigenvalue weighted by molar-refractivity contribution is 5.81. The molecule has 1 aliphatic rings. The standard InChI is InChI=1S/C23H33N7O/c1-4-24-22(28(3)18-20-9-6-5-8-19(20)2)27-13-10-21(31)29-14-16-30(17-15-29)23-25-11-7-12-26-23/h5-9,11-12H,4,10,13-18H2,1-3H3,(H,24,27). The first kappa shape index (κ1) is 22.5. The number of nitrogens with zero attached hydrogens (tertiary/aromatic N) is 6. The molecule has 1 saturated heterocycles. The maximum absolute atomic E-state index is 12.7. The van der Waals surface area contributed by atoms with Crippen molar-refractivity contribution >= 4 is 17.8 Å². The molecule has 0 atom stereocenters. The van der Waals surface area contributed by atoms with Gasteiger partial charge in [0.15, 0.2) is 5.96 Å². The van der Waals surface area contributed by atoms with Gasteiger partial charge in [-0.2, -0.15) is 0 Å². The van der Waals surface area contributed by atoms with Gasteiger partial charge in [0.25, 0.3) is 0 Å². The quantitative estimate of drug-likeness (QED) is 0.542. The zero-order chi connectivity index (χ0) is 22.1. The third kappa shape index (κ3) is 6.41. The van der Waals surface area contributed by atoms with E-state index < -0.39 is 0 Å². The number of amides is 1. The third-order valence-corrected chi connectivity index (χ3v) is 5.42. The second kappa shape index (κ2) is 11.3. The van der Waals surface area contributed by atoms with Gasteiger partial charge in [0, 0.05) is 65.1 Å². The molecule has 0 saturated carbocycles. The number of hydrogen-bond donors (Lipinski definition) is 1. The summed E-state index contributed by atoms with van der Waals surface area (Å²) >= 11 is 0. The van der Waals surface area contributed by atoms with Crippen LogP contribution in [0, 0.1) is 6.92 Å². The third-order valence-electron chi connectivity index (χ3n) is 5.42. The van der Waals surface area contributed by atoms with Crippen molar-refractivity contribution in [2.75, 3.05) is 51.2 Å². The molecule has 1 aromatic carbocycles. The molecule has 0 radical (unpaired) electrons. The number of piperazine rings is 1. The van der Waals surface area contributed by atoms with E-state index in [0.717, 1.165) is 38.1 Å². The molecule has 3 rings (SSSR count). The lowest BCUT2D eigenvalue weighted by atomic mass is 10.1. The fourth-order valence-corrected chi connectivity index (χ4v) is 3.61. The van der Waals surface area contributed by atoms with E-state index in [4.69, 9.17) is 4.99 Å². The Morgan fingerprint density at radius 2 is 1.84 bits per heavy atom. The number of anilines is 1. The number of carbonyl (C=O) groups is 1. The Morgan fingerprint density at radius 1 is 1.13 bits per heavy atom. The second-order valence-corrected chi connectivity index (χ2v) is 7.68. The summed E-state index contributed by atoms with van der Waals surface area (Å²) in [6, 6.07) is 10.2. The number of nitrogens with one attached hydrogen (secondary N) is 1. The summed E-state index contributed by atoms with van der Waals surface area (Å²) in [4.78, 5) is 32.1. The Labute approximate surface area is 185 Å². The summed E-state index contributed by atoms with van der Waals surface area (Å²) in [5.74, 6) is 1.70. The Balaban J connectivity index is 1.49. The van der Waals surface area contributed by atoms with E-state index >= 15 is 0 Å². The first-order chi connectivity index (χ1) is 15.1. The summed E-state index contributed by atoms with van der Waals surface area (Å²) < 4.78 is 0. The average Bonchev–Trinajstić information content (AvgIpc) is 2.80. The lowest BCUT2D eigenvalue weighted by molar-refractivity contribution is -0.131. The van der Waals surface area contributed by atoms with Crippen molar-refractivity contribution < 1.29 is 4.79 Å². The van der Waals surface area contributed by atoms with E-state index in [0.29, 0.717) is 26.1 Å². The molecular weight excluding hydrogens is 390 g/mol. The number of aryl methyl sites for hydroxylation is 1. The molecule has 31 heavy (non-hydrogen) atoms. The van der Waals surface area contributed by atoms with Crippen molar-refractivity contribution in [1.29, 1.82) is 0 Å². The van der Waals surface area contributed by atoms with E-state index in [1.54, 1.807) is 12.4 Å².